The van der Waals surface area contributed by atoms with Crippen LogP contribution in [0.25, 0.3) is 10.2 Å². The SMILES string of the molecule is CCN(C(=O)COC(=O)C1(CC(=O)N2CCOCC2)CCCC1)c1nc2ccccc2s1. The highest BCUT2D eigenvalue weighted by molar-refractivity contribution is 7.22. The van der Waals surface area contributed by atoms with Crippen molar-refractivity contribution in [2.24, 2.45) is 5.41 Å². The molecule has 1 aromatic carbocycles. The molecule has 0 spiro atoms. The van der Waals surface area contributed by atoms with E-state index < -0.39 is 11.4 Å². The molecule has 2 fully saturated rings. The molecule has 2 amide bonds. The van der Waals surface area contributed by atoms with E-state index in [1.54, 1.807) is 4.90 Å². The van der Waals surface area contributed by atoms with Crippen molar-refractivity contribution >= 4 is 44.5 Å². The molecular formula is C23H29N3O5S. The lowest BCUT2D eigenvalue weighted by molar-refractivity contribution is -0.161. The molecule has 172 valence electrons. The highest BCUT2D eigenvalue weighted by atomic mass is 32.1. The lowest BCUT2D eigenvalue weighted by Crippen LogP contribution is -2.45. The first-order chi connectivity index (χ1) is 15.5. The Morgan fingerprint density at radius 3 is 2.59 bits per heavy atom. The molecule has 0 bridgehead atoms. The molecule has 1 saturated carbocycles. The minimum atomic E-state index is -0.831. The Balaban J connectivity index is 1.39. The smallest absolute Gasteiger partial charge is 0.313 e. The van der Waals surface area contributed by atoms with Gasteiger partial charge >= 0.3 is 5.97 Å². The second kappa shape index (κ2) is 9.95. The fourth-order valence-corrected chi connectivity index (χ4v) is 5.52. The summed E-state index contributed by atoms with van der Waals surface area (Å²) in [6.07, 6.45) is 3.13. The molecule has 1 aromatic heterocycles. The number of rotatable bonds is 7. The Morgan fingerprint density at radius 1 is 1.19 bits per heavy atom. The highest BCUT2D eigenvalue weighted by Gasteiger charge is 2.45. The van der Waals surface area contributed by atoms with Crippen LogP contribution in [0.5, 0.6) is 0 Å². The third-order valence-corrected chi connectivity index (χ3v) is 7.36. The summed E-state index contributed by atoms with van der Waals surface area (Å²) in [5.41, 5.74) is 0.00466. The number of anilines is 1. The van der Waals surface area contributed by atoms with Gasteiger partial charge in [-0.1, -0.05) is 36.3 Å². The molecule has 0 atom stereocenters. The summed E-state index contributed by atoms with van der Waals surface area (Å²) >= 11 is 1.43. The maximum atomic E-state index is 13.1. The van der Waals surface area contributed by atoms with Gasteiger partial charge in [0.25, 0.3) is 5.91 Å². The maximum Gasteiger partial charge on any atom is 0.313 e. The Labute approximate surface area is 191 Å². The van der Waals surface area contributed by atoms with Crippen LogP contribution >= 0.6 is 11.3 Å². The zero-order valence-electron chi connectivity index (χ0n) is 18.4. The van der Waals surface area contributed by atoms with E-state index in [4.69, 9.17) is 9.47 Å². The monoisotopic (exact) mass is 459 g/mol. The Hall–Kier alpha value is -2.52. The summed E-state index contributed by atoms with van der Waals surface area (Å²) in [4.78, 5) is 46.6. The van der Waals surface area contributed by atoms with Gasteiger partial charge < -0.3 is 14.4 Å². The predicted octanol–water partition coefficient (Wildman–Crippen LogP) is 3.00. The summed E-state index contributed by atoms with van der Waals surface area (Å²) in [7, 11) is 0. The number of thiazole rings is 1. The number of fused-ring (bicyclic) bond motifs is 1. The van der Waals surface area contributed by atoms with Gasteiger partial charge in [0.1, 0.15) is 0 Å². The van der Waals surface area contributed by atoms with Gasteiger partial charge in [0.05, 0.1) is 28.8 Å². The van der Waals surface area contributed by atoms with Crippen molar-refractivity contribution in [2.75, 3.05) is 44.4 Å². The number of ether oxygens (including phenoxy) is 2. The van der Waals surface area contributed by atoms with E-state index in [1.165, 1.54) is 16.2 Å². The van der Waals surface area contributed by atoms with Crippen molar-refractivity contribution in [1.82, 2.24) is 9.88 Å². The van der Waals surface area contributed by atoms with Crippen LogP contribution in [0, 0.1) is 5.41 Å². The van der Waals surface area contributed by atoms with Gasteiger partial charge in [0.2, 0.25) is 5.91 Å². The van der Waals surface area contributed by atoms with Crippen LogP contribution in [0.3, 0.4) is 0 Å². The minimum Gasteiger partial charge on any atom is -0.455 e. The number of carbonyl (C=O) groups excluding carboxylic acids is 3. The third kappa shape index (κ3) is 4.78. The van der Waals surface area contributed by atoms with Gasteiger partial charge in [-0.3, -0.25) is 19.3 Å². The number of amides is 2. The Morgan fingerprint density at radius 2 is 1.91 bits per heavy atom. The number of hydrogen-bond acceptors (Lipinski definition) is 7. The van der Waals surface area contributed by atoms with Gasteiger partial charge in [0, 0.05) is 26.1 Å². The van der Waals surface area contributed by atoms with E-state index in [1.807, 2.05) is 31.2 Å². The topological polar surface area (TPSA) is 89.0 Å². The highest BCUT2D eigenvalue weighted by Crippen LogP contribution is 2.43. The molecule has 1 aliphatic heterocycles. The summed E-state index contributed by atoms with van der Waals surface area (Å²) in [5.74, 6) is -0.791. The molecule has 1 aliphatic carbocycles. The zero-order chi connectivity index (χ0) is 22.6. The van der Waals surface area contributed by atoms with E-state index in [-0.39, 0.29) is 24.8 Å². The van der Waals surface area contributed by atoms with Gasteiger partial charge in [-0.15, -0.1) is 0 Å². The standard InChI is InChI=1S/C23H29N3O5S/c1-2-26(22-24-17-7-3-4-8-18(17)32-22)20(28)16-31-21(29)23(9-5-6-10-23)15-19(27)25-11-13-30-14-12-25/h3-4,7-8H,2,5-6,9-16H2,1H3. The Kier molecular flexibility index (Phi) is 7.05. The molecular weight excluding hydrogens is 430 g/mol. The average Bonchev–Trinajstić information content (AvgIpc) is 3.46. The van der Waals surface area contributed by atoms with Gasteiger partial charge in [-0.2, -0.15) is 0 Å². The summed E-state index contributed by atoms with van der Waals surface area (Å²) in [5, 5.41) is 0.591. The normalized spacial score (nSPS) is 18.0. The van der Waals surface area contributed by atoms with Crippen LogP contribution in [0.1, 0.15) is 39.0 Å². The molecule has 9 heteroatoms. The average molecular weight is 460 g/mol. The summed E-state index contributed by atoms with van der Waals surface area (Å²) in [6.45, 7) is 4.09. The zero-order valence-corrected chi connectivity index (χ0v) is 19.2. The fraction of sp³-hybridized carbons (Fsp3) is 0.565. The predicted molar refractivity (Wildman–Crippen MR) is 122 cm³/mol. The largest absolute Gasteiger partial charge is 0.455 e. The molecule has 4 rings (SSSR count). The number of benzene rings is 1. The molecule has 0 unspecified atom stereocenters. The first kappa shape index (κ1) is 22.7. The number of morpholine rings is 1. The molecule has 2 aliphatic rings. The van der Waals surface area contributed by atoms with Crippen molar-refractivity contribution in [1.29, 1.82) is 0 Å². The van der Waals surface area contributed by atoms with Crippen LogP contribution in [0.2, 0.25) is 0 Å². The number of carbonyl (C=O) groups is 3. The van der Waals surface area contributed by atoms with Gasteiger partial charge in [-0.25, -0.2) is 4.98 Å². The molecule has 2 heterocycles. The van der Waals surface area contributed by atoms with Crippen LogP contribution in [0.4, 0.5) is 5.13 Å². The van der Waals surface area contributed by atoms with E-state index in [2.05, 4.69) is 4.98 Å². The molecule has 0 N–H and O–H groups in total. The number of nitrogens with zero attached hydrogens (tertiary/aromatic N) is 3. The second-order valence-electron chi connectivity index (χ2n) is 8.34. The summed E-state index contributed by atoms with van der Waals surface area (Å²) in [6, 6.07) is 7.71. The van der Waals surface area contributed by atoms with Crippen molar-refractivity contribution in [2.45, 2.75) is 39.0 Å². The first-order valence-electron chi connectivity index (χ1n) is 11.2. The van der Waals surface area contributed by atoms with Crippen LogP contribution in [0.15, 0.2) is 24.3 Å². The molecule has 32 heavy (non-hydrogen) atoms. The number of aromatic nitrogens is 1. The number of para-hydroxylation sites is 1. The van der Waals surface area contributed by atoms with Crippen LogP contribution in [-0.2, 0) is 23.9 Å². The third-order valence-electron chi connectivity index (χ3n) is 6.30. The van der Waals surface area contributed by atoms with Crippen molar-refractivity contribution in [3.63, 3.8) is 0 Å². The Bertz CT molecular complexity index is 946. The number of esters is 1. The van der Waals surface area contributed by atoms with Gasteiger partial charge in [-0.05, 0) is 31.9 Å². The fourth-order valence-electron chi connectivity index (χ4n) is 4.47. The number of likely N-dealkylation sites (N-methyl/N-ethyl adjacent to an activating group) is 1. The van der Waals surface area contributed by atoms with Crippen LogP contribution < -0.4 is 4.90 Å². The van der Waals surface area contributed by atoms with Crippen molar-refractivity contribution < 1.29 is 23.9 Å². The lowest BCUT2D eigenvalue weighted by atomic mass is 9.82. The second-order valence-corrected chi connectivity index (χ2v) is 9.34. The molecule has 2 aromatic rings. The van der Waals surface area contributed by atoms with Crippen LogP contribution in [-0.4, -0.2) is 67.1 Å². The van der Waals surface area contributed by atoms with E-state index in [0.29, 0.717) is 50.8 Å². The van der Waals surface area contributed by atoms with E-state index in [0.717, 1.165) is 23.1 Å². The molecule has 1 saturated heterocycles. The van der Waals surface area contributed by atoms with Crippen molar-refractivity contribution in [3.8, 4) is 0 Å². The maximum absolute atomic E-state index is 13.1. The first-order valence-corrected chi connectivity index (χ1v) is 12.0. The van der Waals surface area contributed by atoms with E-state index >= 15 is 0 Å². The molecule has 8 nitrogen and oxygen atoms in total. The van der Waals surface area contributed by atoms with Crippen molar-refractivity contribution in [3.05, 3.63) is 24.3 Å². The minimum absolute atomic E-state index is 0.0388. The molecule has 0 radical (unpaired) electrons. The lowest BCUT2D eigenvalue weighted by Gasteiger charge is -2.32. The summed E-state index contributed by atoms with van der Waals surface area (Å²) < 4.78 is 11.8. The quantitative estimate of drug-likeness (QED) is 0.592. The number of hydrogen-bond donors (Lipinski definition) is 0. The van der Waals surface area contributed by atoms with E-state index in [9.17, 15) is 14.4 Å². The van der Waals surface area contributed by atoms with Gasteiger partial charge in [0.15, 0.2) is 11.7 Å².